The zero-order valence-corrected chi connectivity index (χ0v) is 11.1. The molecule has 0 aliphatic carbocycles. The van der Waals surface area contributed by atoms with Crippen molar-refractivity contribution in [1.82, 2.24) is 10.2 Å². The summed E-state index contributed by atoms with van der Waals surface area (Å²) in [5.74, 6) is -0.117. The van der Waals surface area contributed by atoms with Crippen molar-refractivity contribution >= 4 is 28.0 Å². The van der Waals surface area contributed by atoms with Gasteiger partial charge in [-0.15, -0.1) is 10.2 Å². The Hall–Kier alpha value is -2.16. The van der Waals surface area contributed by atoms with E-state index in [4.69, 9.17) is 11.1 Å². The van der Waals surface area contributed by atoms with Crippen LogP contribution in [-0.4, -0.2) is 23.1 Å². The van der Waals surface area contributed by atoms with E-state index in [9.17, 15) is 13.2 Å². The van der Waals surface area contributed by atoms with Gasteiger partial charge < -0.3 is 10.6 Å². The number of anilines is 2. The van der Waals surface area contributed by atoms with E-state index in [1.165, 1.54) is 4.90 Å². The number of alkyl halides is 3. The molecule has 2 rings (SSSR count). The molecule has 2 aromatic rings. The molecule has 0 aliphatic heterocycles. The second kappa shape index (κ2) is 5.08. The Morgan fingerprint density at radius 1 is 1.35 bits per heavy atom. The molecule has 0 aliphatic rings. The lowest BCUT2D eigenvalue weighted by Crippen LogP contribution is -2.13. The Bertz CT molecular complexity index is 637. The molecular formula is C11H10F3N5S. The van der Waals surface area contributed by atoms with E-state index < -0.39 is 11.2 Å². The minimum absolute atomic E-state index is 0.109. The zero-order valence-electron chi connectivity index (χ0n) is 10.3. The lowest BCUT2D eigenvalue weighted by Gasteiger charge is -2.15. The van der Waals surface area contributed by atoms with E-state index in [0.29, 0.717) is 22.6 Å². The average molecular weight is 301 g/mol. The van der Waals surface area contributed by atoms with Crippen LogP contribution in [0, 0.1) is 5.41 Å². The van der Waals surface area contributed by atoms with Crippen LogP contribution >= 0.6 is 11.3 Å². The lowest BCUT2D eigenvalue weighted by molar-refractivity contribution is -0.138. The van der Waals surface area contributed by atoms with E-state index in [2.05, 4.69) is 10.2 Å². The second-order valence-electron chi connectivity index (χ2n) is 3.91. The topological polar surface area (TPSA) is 78.9 Å². The van der Waals surface area contributed by atoms with Gasteiger partial charge in [0.15, 0.2) is 0 Å². The zero-order chi connectivity index (χ0) is 14.9. The number of hydrogen-bond donors (Lipinski definition) is 2. The van der Waals surface area contributed by atoms with Crippen LogP contribution in [0.3, 0.4) is 0 Å². The van der Waals surface area contributed by atoms with E-state index in [1.807, 2.05) is 0 Å². The van der Waals surface area contributed by atoms with E-state index in [0.717, 1.165) is 0 Å². The third kappa shape index (κ3) is 2.87. The first-order chi connectivity index (χ1) is 9.29. The van der Waals surface area contributed by atoms with Crippen molar-refractivity contribution in [2.45, 2.75) is 6.18 Å². The predicted octanol–water partition coefficient (Wildman–Crippen LogP) is 2.61. The molecule has 0 saturated heterocycles. The molecule has 106 valence electrons. The van der Waals surface area contributed by atoms with Gasteiger partial charge in [0, 0.05) is 18.3 Å². The van der Waals surface area contributed by atoms with Crippen LogP contribution in [0.4, 0.5) is 24.0 Å². The largest absolute Gasteiger partial charge is 0.445 e. The van der Waals surface area contributed by atoms with E-state index in [1.54, 1.807) is 31.3 Å². The molecule has 20 heavy (non-hydrogen) atoms. The van der Waals surface area contributed by atoms with Crippen molar-refractivity contribution in [2.24, 2.45) is 5.73 Å². The second-order valence-corrected chi connectivity index (χ2v) is 4.87. The number of nitrogens with zero attached hydrogens (tertiary/aromatic N) is 3. The van der Waals surface area contributed by atoms with Gasteiger partial charge in [0.25, 0.3) is 0 Å². The Labute approximate surface area is 116 Å². The highest BCUT2D eigenvalue weighted by Crippen LogP contribution is 2.35. The first-order valence-electron chi connectivity index (χ1n) is 5.38. The van der Waals surface area contributed by atoms with Crippen molar-refractivity contribution in [1.29, 1.82) is 5.41 Å². The molecule has 0 unspecified atom stereocenters. The fourth-order valence-electron chi connectivity index (χ4n) is 1.46. The first-order valence-corrected chi connectivity index (χ1v) is 6.19. The third-order valence-corrected chi connectivity index (χ3v) is 3.53. The van der Waals surface area contributed by atoms with Gasteiger partial charge in [0.2, 0.25) is 10.1 Å². The summed E-state index contributed by atoms with van der Waals surface area (Å²) in [6, 6.07) is 6.58. The van der Waals surface area contributed by atoms with Crippen LogP contribution in [0.1, 0.15) is 10.6 Å². The Morgan fingerprint density at radius 3 is 2.60 bits per heavy atom. The molecule has 0 fully saturated rings. The number of nitrogen functional groups attached to an aromatic ring is 1. The summed E-state index contributed by atoms with van der Waals surface area (Å²) in [6.07, 6.45) is -4.50. The fourth-order valence-corrected chi connectivity index (χ4v) is 2.15. The Balaban J connectivity index is 2.31. The van der Waals surface area contributed by atoms with Crippen LogP contribution in [0.2, 0.25) is 0 Å². The van der Waals surface area contributed by atoms with Gasteiger partial charge >= 0.3 is 6.18 Å². The number of halogens is 3. The minimum atomic E-state index is -4.50. The molecular weight excluding hydrogens is 291 g/mol. The van der Waals surface area contributed by atoms with Crippen LogP contribution in [0.15, 0.2) is 24.3 Å². The van der Waals surface area contributed by atoms with Gasteiger partial charge in [-0.25, -0.2) is 0 Å². The highest BCUT2D eigenvalue weighted by atomic mass is 32.1. The summed E-state index contributed by atoms with van der Waals surface area (Å²) in [7, 11) is 1.57. The van der Waals surface area contributed by atoms with Crippen LogP contribution in [0.5, 0.6) is 0 Å². The van der Waals surface area contributed by atoms with Gasteiger partial charge in [0.1, 0.15) is 5.84 Å². The highest BCUT2D eigenvalue weighted by Gasteiger charge is 2.36. The smallest absolute Gasteiger partial charge is 0.384 e. The normalized spacial score (nSPS) is 11.4. The molecule has 1 heterocycles. The number of nitrogens with one attached hydrogen (secondary N) is 1. The summed E-state index contributed by atoms with van der Waals surface area (Å²) in [4.78, 5) is 1.46. The Kier molecular flexibility index (Phi) is 3.62. The van der Waals surface area contributed by atoms with Gasteiger partial charge in [0.05, 0.1) is 0 Å². The molecule has 1 aromatic carbocycles. The summed E-state index contributed by atoms with van der Waals surface area (Å²) in [6.45, 7) is 0. The van der Waals surface area contributed by atoms with Crippen molar-refractivity contribution in [3.8, 4) is 0 Å². The molecule has 9 heteroatoms. The molecule has 0 atom stereocenters. The third-order valence-electron chi connectivity index (χ3n) is 2.49. The average Bonchev–Trinajstić information content (AvgIpc) is 2.87. The molecule has 0 bridgehead atoms. The van der Waals surface area contributed by atoms with Crippen LogP contribution < -0.4 is 10.6 Å². The van der Waals surface area contributed by atoms with Gasteiger partial charge in [-0.05, 0) is 12.1 Å². The lowest BCUT2D eigenvalue weighted by atomic mass is 10.2. The number of benzene rings is 1. The molecule has 3 N–H and O–H groups in total. The Morgan fingerprint density at radius 2 is 2.05 bits per heavy atom. The molecule has 0 spiro atoms. The first kappa shape index (κ1) is 14.3. The summed E-state index contributed by atoms with van der Waals surface area (Å²) >= 11 is 0.451. The van der Waals surface area contributed by atoms with Crippen molar-refractivity contribution in [3.63, 3.8) is 0 Å². The molecule has 0 radical (unpaired) electrons. The standard InChI is InChI=1S/C11H10F3N5S/c1-19(7-4-2-3-6(5-7)8(15)16)10-18-17-9(20-10)11(12,13)14/h2-5H,1H3,(H3,15,16). The van der Waals surface area contributed by atoms with Crippen molar-refractivity contribution in [2.75, 3.05) is 11.9 Å². The van der Waals surface area contributed by atoms with Crippen molar-refractivity contribution in [3.05, 3.63) is 34.8 Å². The van der Waals surface area contributed by atoms with E-state index >= 15 is 0 Å². The molecule has 5 nitrogen and oxygen atoms in total. The van der Waals surface area contributed by atoms with Gasteiger partial charge in [-0.2, -0.15) is 13.2 Å². The number of amidine groups is 1. The number of aromatic nitrogens is 2. The van der Waals surface area contributed by atoms with Crippen molar-refractivity contribution < 1.29 is 13.2 Å². The monoisotopic (exact) mass is 301 g/mol. The fraction of sp³-hybridized carbons (Fsp3) is 0.182. The number of nitrogens with two attached hydrogens (primary N) is 1. The maximum atomic E-state index is 12.5. The van der Waals surface area contributed by atoms with Gasteiger partial charge in [-0.3, -0.25) is 5.41 Å². The van der Waals surface area contributed by atoms with E-state index in [-0.39, 0.29) is 11.0 Å². The summed E-state index contributed by atoms with van der Waals surface area (Å²) in [5.41, 5.74) is 6.43. The maximum absolute atomic E-state index is 12.5. The van der Waals surface area contributed by atoms with Crippen LogP contribution in [0.25, 0.3) is 0 Å². The van der Waals surface area contributed by atoms with Gasteiger partial charge in [-0.1, -0.05) is 23.5 Å². The number of hydrogen-bond acceptors (Lipinski definition) is 5. The van der Waals surface area contributed by atoms with Crippen LogP contribution in [-0.2, 0) is 6.18 Å². The molecule has 0 amide bonds. The quantitative estimate of drug-likeness (QED) is 0.674. The predicted molar refractivity (Wildman–Crippen MR) is 70.4 cm³/mol. The summed E-state index contributed by atoms with van der Waals surface area (Å²) in [5, 5.41) is 13.1. The molecule has 1 aromatic heterocycles. The summed E-state index contributed by atoms with van der Waals surface area (Å²) < 4.78 is 37.4. The highest BCUT2D eigenvalue weighted by molar-refractivity contribution is 7.15. The SMILES string of the molecule is CN(c1cccc(C(=N)N)c1)c1nnc(C(F)(F)F)s1. The number of rotatable bonds is 3. The molecule has 0 saturated carbocycles. The maximum Gasteiger partial charge on any atom is 0.445 e. The minimum Gasteiger partial charge on any atom is -0.384 e.